The van der Waals surface area contributed by atoms with Crippen molar-refractivity contribution in [2.45, 2.75) is 19.9 Å². The number of imide groups is 1. The van der Waals surface area contributed by atoms with Gasteiger partial charge in [0.1, 0.15) is 0 Å². The predicted octanol–water partition coefficient (Wildman–Crippen LogP) is 2.02. The number of nitrogens with zero attached hydrogens (tertiary/aromatic N) is 3. The van der Waals surface area contributed by atoms with Crippen LogP contribution in [-0.4, -0.2) is 28.3 Å². The SMILES string of the molecule is CCn1cc(-c2ccc(N3CCC(=O)NC3=O)cc2)cn1. The maximum absolute atomic E-state index is 11.8. The first kappa shape index (κ1) is 13.4. The minimum Gasteiger partial charge on any atom is -0.294 e. The topological polar surface area (TPSA) is 67.2 Å². The number of hydrogen-bond donors (Lipinski definition) is 1. The Hall–Kier alpha value is -2.63. The molecule has 1 saturated heterocycles. The van der Waals surface area contributed by atoms with Crippen LogP contribution in [0.1, 0.15) is 13.3 Å². The van der Waals surface area contributed by atoms with Crippen molar-refractivity contribution >= 4 is 17.6 Å². The molecule has 0 spiro atoms. The molecule has 108 valence electrons. The number of urea groups is 1. The molecule has 1 aliphatic rings. The van der Waals surface area contributed by atoms with E-state index in [0.717, 1.165) is 23.4 Å². The molecule has 6 nitrogen and oxygen atoms in total. The summed E-state index contributed by atoms with van der Waals surface area (Å²) in [5.74, 6) is -0.222. The number of aryl methyl sites for hydroxylation is 1. The van der Waals surface area contributed by atoms with Gasteiger partial charge in [0.2, 0.25) is 5.91 Å². The van der Waals surface area contributed by atoms with Crippen molar-refractivity contribution in [3.8, 4) is 11.1 Å². The molecule has 3 rings (SSSR count). The van der Waals surface area contributed by atoms with Gasteiger partial charge in [-0.05, 0) is 24.6 Å². The lowest BCUT2D eigenvalue weighted by molar-refractivity contribution is -0.120. The molecule has 2 aromatic rings. The summed E-state index contributed by atoms with van der Waals surface area (Å²) in [6.07, 6.45) is 4.14. The second-order valence-corrected chi connectivity index (χ2v) is 4.89. The number of anilines is 1. The van der Waals surface area contributed by atoms with Gasteiger partial charge in [-0.2, -0.15) is 5.10 Å². The van der Waals surface area contributed by atoms with Crippen LogP contribution in [0, 0.1) is 0 Å². The zero-order chi connectivity index (χ0) is 14.8. The molecule has 0 saturated carbocycles. The fourth-order valence-corrected chi connectivity index (χ4v) is 2.33. The van der Waals surface area contributed by atoms with E-state index in [4.69, 9.17) is 0 Å². The highest BCUT2D eigenvalue weighted by atomic mass is 16.2. The van der Waals surface area contributed by atoms with Gasteiger partial charge in [-0.3, -0.25) is 19.7 Å². The molecule has 21 heavy (non-hydrogen) atoms. The molecule has 3 amide bonds. The zero-order valence-corrected chi connectivity index (χ0v) is 11.7. The number of carbonyl (C=O) groups excluding carboxylic acids is 2. The number of carbonyl (C=O) groups is 2. The molecular formula is C15H16N4O2. The summed E-state index contributed by atoms with van der Waals surface area (Å²) in [5, 5.41) is 6.57. The molecule has 1 fully saturated rings. The number of rotatable bonds is 3. The zero-order valence-electron chi connectivity index (χ0n) is 11.7. The molecular weight excluding hydrogens is 268 g/mol. The fraction of sp³-hybridized carbons (Fsp3) is 0.267. The molecule has 0 aliphatic carbocycles. The van der Waals surface area contributed by atoms with Gasteiger partial charge in [0, 0.05) is 37.0 Å². The number of aromatic nitrogens is 2. The second-order valence-electron chi connectivity index (χ2n) is 4.89. The van der Waals surface area contributed by atoms with Crippen LogP contribution in [0.4, 0.5) is 10.5 Å². The summed E-state index contributed by atoms with van der Waals surface area (Å²) in [5.41, 5.74) is 2.88. The number of amides is 3. The van der Waals surface area contributed by atoms with Gasteiger partial charge in [0.25, 0.3) is 0 Å². The Morgan fingerprint density at radius 3 is 2.57 bits per heavy atom. The van der Waals surface area contributed by atoms with Crippen molar-refractivity contribution in [2.75, 3.05) is 11.4 Å². The Balaban J connectivity index is 1.80. The summed E-state index contributed by atoms with van der Waals surface area (Å²) in [6.45, 7) is 3.29. The molecule has 2 heterocycles. The van der Waals surface area contributed by atoms with Crippen LogP contribution < -0.4 is 10.2 Å². The summed E-state index contributed by atoms with van der Waals surface area (Å²) in [6, 6.07) is 7.31. The van der Waals surface area contributed by atoms with Gasteiger partial charge in [0.15, 0.2) is 0 Å². The Labute approximate surface area is 122 Å². The number of hydrogen-bond acceptors (Lipinski definition) is 3. The first-order valence-corrected chi connectivity index (χ1v) is 6.91. The van der Waals surface area contributed by atoms with Crippen molar-refractivity contribution in [3.63, 3.8) is 0 Å². The molecule has 1 aromatic heterocycles. The molecule has 0 bridgehead atoms. The van der Waals surface area contributed by atoms with Crippen molar-refractivity contribution in [1.82, 2.24) is 15.1 Å². The highest BCUT2D eigenvalue weighted by Gasteiger charge is 2.23. The van der Waals surface area contributed by atoms with E-state index >= 15 is 0 Å². The summed E-state index contributed by atoms with van der Waals surface area (Å²) in [4.78, 5) is 24.5. The monoisotopic (exact) mass is 284 g/mol. The Kier molecular flexibility index (Phi) is 3.43. The van der Waals surface area contributed by atoms with E-state index in [1.807, 2.05) is 48.3 Å². The molecule has 6 heteroatoms. The van der Waals surface area contributed by atoms with Crippen molar-refractivity contribution < 1.29 is 9.59 Å². The third-order valence-electron chi connectivity index (χ3n) is 3.52. The minimum atomic E-state index is -0.363. The van der Waals surface area contributed by atoms with Crippen LogP contribution in [0.15, 0.2) is 36.7 Å². The standard InChI is InChI=1S/C15H16N4O2/c1-2-18-10-12(9-16-18)11-3-5-13(6-4-11)19-8-7-14(20)17-15(19)21/h3-6,9-10H,2,7-8H2,1H3,(H,17,20,21). The summed E-state index contributed by atoms with van der Waals surface area (Å²) >= 11 is 0. The fourth-order valence-electron chi connectivity index (χ4n) is 2.33. The van der Waals surface area contributed by atoms with Crippen LogP contribution in [0.25, 0.3) is 11.1 Å². The minimum absolute atomic E-state index is 0.222. The molecule has 1 aliphatic heterocycles. The summed E-state index contributed by atoms with van der Waals surface area (Å²) < 4.78 is 1.87. The van der Waals surface area contributed by atoms with Crippen LogP contribution in [0.5, 0.6) is 0 Å². The maximum Gasteiger partial charge on any atom is 0.328 e. The van der Waals surface area contributed by atoms with E-state index in [0.29, 0.717) is 13.0 Å². The Morgan fingerprint density at radius 2 is 1.95 bits per heavy atom. The van der Waals surface area contributed by atoms with Crippen LogP contribution in [-0.2, 0) is 11.3 Å². The van der Waals surface area contributed by atoms with E-state index in [1.54, 1.807) is 4.90 Å². The van der Waals surface area contributed by atoms with Crippen LogP contribution in [0.2, 0.25) is 0 Å². The molecule has 0 atom stereocenters. The average molecular weight is 284 g/mol. The lowest BCUT2D eigenvalue weighted by Crippen LogP contribution is -2.49. The summed E-state index contributed by atoms with van der Waals surface area (Å²) in [7, 11) is 0. The van der Waals surface area contributed by atoms with Gasteiger partial charge in [-0.15, -0.1) is 0 Å². The third-order valence-corrected chi connectivity index (χ3v) is 3.52. The van der Waals surface area contributed by atoms with E-state index in [1.165, 1.54) is 0 Å². The number of benzene rings is 1. The van der Waals surface area contributed by atoms with Gasteiger partial charge in [0.05, 0.1) is 6.20 Å². The van der Waals surface area contributed by atoms with E-state index < -0.39 is 0 Å². The quantitative estimate of drug-likeness (QED) is 0.937. The molecule has 1 N–H and O–H groups in total. The van der Waals surface area contributed by atoms with Crippen molar-refractivity contribution in [1.29, 1.82) is 0 Å². The largest absolute Gasteiger partial charge is 0.328 e. The lowest BCUT2D eigenvalue weighted by Gasteiger charge is -2.26. The van der Waals surface area contributed by atoms with Gasteiger partial charge in [-0.25, -0.2) is 4.79 Å². The van der Waals surface area contributed by atoms with E-state index in [-0.39, 0.29) is 11.9 Å². The van der Waals surface area contributed by atoms with E-state index in [2.05, 4.69) is 10.4 Å². The highest BCUT2D eigenvalue weighted by molar-refractivity contribution is 6.05. The van der Waals surface area contributed by atoms with E-state index in [9.17, 15) is 9.59 Å². The molecule has 0 unspecified atom stereocenters. The number of nitrogens with one attached hydrogen (secondary N) is 1. The van der Waals surface area contributed by atoms with Crippen LogP contribution in [0.3, 0.4) is 0 Å². The van der Waals surface area contributed by atoms with Gasteiger partial charge in [-0.1, -0.05) is 12.1 Å². The van der Waals surface area contributed by atoms with Crippen LogP contribution >= 0.6 is 0 Å². The smallest absolute Gasteiger partial charge is 0.294 e. The average Bonchev–Trinajstić information content (AvgIpc) is 2.96. The second kappa shape index (κ2) is 5.40. The van der Waals surface area contributed by atoms with Crippen molar-refractivity contribution in [3.05, 3.63) is 36.7 Å². The van der Waals surface area contributed by atoms with Gasteiger partial charge < -0.3 is 0 Å². The first-order valence-electron chi connectivity index (χ1n) is 6.91. The third kappa shape index (κ3) is 2.65. The normalized spacial score (nSPS) is 15.2. The Morgan fingerprint density at radius 1 is 1.19 bits per heavy atom. The van der Waals surface area contributed by atoms with Gasteiger partial charge >= 0.3 is 6.03 Å². The maximum atomic E-state index is 11.8. The molecule has 0 radical (unpaired) electrons. The predicted molar refractivity (Wildman–Crippen MR) is 78.8 cm³/mol. The molecule has 1 aromatic carbocycles. The Bertz CT molecular complexity index is 675. The van der Waals surface area contributed by atoms with Crippen molar-refractivity contribution in [2.24, 2.45) is 0 Å². The highest BCUT2D eigenvalue weighted by Crippen LogP contribution is 2.23. The first-order chi connectivity index (χ1) is 10.2. The lowest BCUT2D eigenvalue weighted by atomic mass is 10.1.